The molecule has 0 bridgehead atoms. The molecule has 5 rings (SSSR count). The number of anilines is 1. The summed E-state index contributed by atoms with van der Waals surface area (Å²) in [5.74, 6) is 0.443. The van der Waals surface area contributed by atoms with Gasteiger partial charge >= 0.3 is 5.69 Å². The summed E-state index contributed by atoms with van der Waals surface area (Å²) in [7, 11) is 0. The van der Waals surface area contributed by atoms with Crippen molar-refractivity contribution in [3.05, 3.63) is 89.0 Å². The second-order valence-corrected chi connectivity index (χ2v) is 7.82. The Bertz CT molecular complexity index is 1530. The van der Waals surface area contributed by atoms with Crippen molar-refractivity contribution in [1.82, 2.24) is 24.3 Å². The predicted molar refractivity (Wildman–Crippen MR) is 127 cm³/mol. The van der Waals surface area contributed by atoms with Crippen molar-refractivity contribution in [1.29, 1.82) is 0 Å². The second kappa shape index (κ2) is 8.78. The van der Waals surface area contributed by atoms with Gasteiger partial charge in [0, 0.05) is 24.0 Å². The number of rotatable bonds is 6. The highest BCUT2D eigenvalue weighted by atomic mass is 16.5. The molecule has 9 nitrogen and oxygen atoms in total. The minimum atomic E-state index is -0.423. The fraction of sp³-hybridized carbons (Fsp3) is 0.160. The molecule has 0 unspecified atom stereocenters. The first-order valence-electron chi connectivity index (χ1n) is 10.9. The summed E-state index contributed by atoms with van der Waals surface area (Å²) >= 11 is 0. The van der Waals surface area contributed by atoms with Gasteiger partial charge in [0.05, 0.1) is 5.56 Å². The van der Waals surface area contributed by atoms with E-state index in [-0.39, 0.29) is 18.3 Å². The smallest absolute Gasteiger partial charge is 0.333 e. The lowest BCUT2D eigenvalue weighted by atomic mass is 10.2. The van der Waals surface area contributed by atoms with Crippen LogP contribution < -0.4 is 10.6 Å². The maximum Gasteiger partial charge on any atom is 0.350 e. The molecule has 1 amide bonds. The number of aromatic nitrogens is 5. The minimum Gasteiger partial charge on any atom is -0.333 e. The molecule has 0 fully saturated rings. The largest absolute Gasteiger partial charge is 0.350 e. The van der Waals surface area contributed by atoms with Crippen LogP contribution in [0.5, 0.6) is 0 Å². The van der Waals surface area contributed by atoms with Gasteiger partial charge in [0.15, 0.2) is 5.65 Å². The van der Waals surface area contributed by atoms with Gasteiger partial charge in [-0.2, -0.15) is 4.98 Å². The lowest BCUT2D eigenvalue weighted by Gasteiger charge is -2.21. The zero-order valence-electron chi connectivity index (χ0n) is 18.8. The summed E-state index contributed by atoms with van der Waals surface area (Å²) in [6.45, 7) is 4.14. The maximum absolute atomic E-state index is 13.1. The van der Waals surface area contributed by atoms with Gasteiger partial charge in [-0.05, 0) is 43.7 Å². The van der Waals surface area contributed by atoms with Crippen molar-refractivity contribution in [2.75, 3.05) is 11.4 Å². The van der Waals surface area contributed by atoms with Gasteiger partial charge in [-0.25, -0.2) is 13.9 Å². The van der Waals surface area contributed by atoms with Gasteiger partial charge in [-0.15, -0.1) is 5.10 Å². The summed E-state index contributed by atoms with van der Waals surface area (Å²) in [6, 6.07) is 20.6. The number of carbonyl (C=O) groups is 1. The first kappa shape index (κ1) is 21.3. The van der Waals surface area contributed by atoms with Crippen LogP contribution in [0.2, 0.25) is 0 Å². The standard InChI is InChI=1S/C25H22N6O3/c1-3-29(19-12-7-9-17(2)15-19)21(32)16-31-25(33)30-14-8-13-20(23(30)27-31)24-26-22(28-34-24)18-10-5-4-6-11-18/h4-15H,3,16H2,1-2H3. The van der Waals surface area contributed by atoms with Crippen LogP contribution in [0.25, 0.3) is 28.5 Å². The number of fused-ring (bicyclic) bond motifs is 1. The van der Waals surface area contributed by atoms with E-state index in [4.69, 9.17) is 4.52 Å². The number of amides is 1. The molecular weight excluding hydrogens is 432 g/mol. The van der Waals surface area contributed by atoms with E-state index in [0.717, 1.165) is 21.5 Å². The molecule has 0 aliphatic carbocycles. The third-order valence-corrected chi connectivity index (χ3v) is 5.51. The van der Waals surface area contributed by atoms with E-state index in [2.05, 4.69) is 15.2 Å². The number of hydrogen-bond donors (Lipinski definition) is 0. The number of hydrogen-bond acceptors (Lipinski definition) is 6. The van der Waals surface area contributed by atoms with Crippen LogP contribution in [0.4, 0.5) is 5.69 Å². The van der Waals surface area contributed by atoms with Gasteiger partial charge in [0.2, 0.25) is 11.7 Å². The zero-order valence-corrected chi connectivity index (χ0v) is 18.8. The summed E-state index contributed by atoms with van der Waals surface area (Å²) in [4.78, 5) is 32.2. The summed E-state index contributed by atoms with van der Waals surface area (Å²) < 4.78 is 8.00. The molecule has 0 radical (unpaired) electrons. The van der Waals surface area contributed by atoms with E-state index in [9.17, 15) is 9.59 Å². The Hall–Kier alpha value is -4.53. The zero-order chi connectivity index (χ0) is 23.7. The third-order valence-electron chi connectivity index (χ3n) is 5.51. The number of benzene rings is 2. The Morgan fingerprint density at radius 2 is 1.88 bits per heavy atom. The van der Waals surface area contributed by atoms with E-state index < -0.39 is 5.69 Å². The summed E-state index contributed by atoms with van der Waals surface area (Å²) in [5, 5.41) is 8.48. The molecule has 0 aliphatic heterocycles. The molecule has 170 valence electrons. The highest BCUT2D eigenvalue weighted by molar-refractivity contribution is 5.93. The normalized spacial score (nSPS) is 11.1. The van der Waals surface area contributed by atoms with E-state index in [1.54, 1.807) is 23.2 Å². The number of aryl methyl sites for hydroxylation is 1. The molecule has 3 heterocycles. The first-order valence-corrected chi connectivity index (χ1v) is 10.9. The van der Waals surface area contributed by atoms with Crippen LogP contribution in [0.1, 0.15) is 12.5 Å². The van der Waals surface area contributed by atoms with Crippen molar-refractivity contribution in [2.24, 2.45) is 0 Å². The maximum atomic E-state index is 13.1. The average molecular weight is 454 g/mol. The molecule has 9 heteroatoms. The topological polar surface area (TPSA) is 98.5 Å². The first-order chi connectivity index (χ1) is 16.5. The number of nitrogens with zero attached hydrogens (tertiary/aromatic N) is 6. The van der Waals surface area contributed by atoms with Crippen LogP contribution in [0.3, 0.4) is 0 Å². The quantitative estimate of drug-likeness (QED) is 0.389. The average Bonchev–Trinajstić information content (AvgIpc) is 3.46. The van der Waals surface area contributed by atoms with Gasteiger partial charge in [-0.3, -0.25) is 4.79 Å². The number of carbonyl (C=O) groups excluding carboxylic acids is 1. The van der Waals surface area contributed by atoms with Gasteiger partial charge in [0.25, 0.3) is 5.89 Å². The number of pyridine rings is 1. The number of likely N-dealkylation sites (N-methyl/N-ethyl adjacent to an activating group) is 1. The van der Waals surface area contributed by atoms with Crippen LogP contribution in [0, 0.1) is 6.92 Å². The molecule has 0 spiro atoms. The molecule has 2 aromatic carbocycles. The highest BCUT2D eigenvalue weighted by Gasteiger charge is 2.21. The van der Waals surface area contributed by atoms with E-state index in [1.807, 2.05) is 68.4 Å². The molecule has 34 heavy (non-hydrogen) atoms. The van der Waals surface area contributed by atoms with Crippen LogP contribution in [-0.2, 0) is 11.3 Å². The van der Waals surface area contributed by atoms with Crippen LogP contribution >= 0.6 is 0 Å². The molecular formula is C25H22N6O3. The molecule has 0 atom stereocenters. The van der Waals surface area contributed by atoms with Gasteiger partial charge in [-0.1, -0.05) is 47.6 Å². The van der Waals surface area contributed by atoms with Gasteiger partial charge in [0.1, 0.15) is 6.54 Å². The summed E-state index contributed by atoms with van der Waals surface area (Å²) in [5.41, 5.74) is 3.06. The van der Waals surface area contributed by atoms with Crippen LogP contribution in [0.15, 0.2) is 82.2 Å². The van der Waals surface area contributed by atoms with E-state index in [0.29, 0.717) is 23.6 Å². The Kier molecular flexibility index (Phi) is 5.51. The summed E-state index contributed by atoms with van der Waals surface area (Å²) in [6.07, 6.45) is 1.60. The molecule has 0 N–H and O–H groups in total. The SMILES string of the molecule is CCN(C(=O)Cn1nc2c(-c3nc(-c4ccccc4)no3)cccn2c1=O)c1cccc(C)c1. The van der Waals surface area contributed by atoms with E-state index in [1.165, 1.54) is 4.40 Å². The molecule has 3 aromatic heterocycles. The highest BCUT2D eigenvalue weighted by Crippen LogP contribution is 2.24. The fourth-order valence-electron chi connectivity index (χ4n) is 3.86. The third kappa shape index (κ3) is 3.88. The molecule has 0 saturated carbocycles. The molecule has 0 aliphatic rings. The van der Waals surface area contributed by atoms with Crippen molar-refractivity contribution in [3.63, 3.8) is 0 Å². The predicted octanol–water partition coefficient (Wildman–Crippen LogP) is 3.57. The van der Waals surface area contributed by atoms with Gasteiger partial charge < -0.3 is 9.42 Å². The molecule has 0 saturated heterocycles. The monoisotopic (exact) mass is 454 g/mol. The Morgan fingerprint density at radius 3 is 2.65 bits per heavy atom. The van der Waals surface area contributed by atoms with E-state index >= 15 is 0 Å². The Labute approximate surface area is 194 Å². The lowest BCUT2D eigenvalue weighted by molar-refractivity contribution is -0.119. The van der Waals surface area contributed by atoms with Crippen molar-refractivity contribution in [3.8, 4) is 22.8 Å². The Balaban J connectivity index is 1.48. The van der Waals surface area contributed by atoms with Crippen LogP contribution in [-0.4, -0.2) is 36.8 Å². The Morgan fingerprint density at radius 1 is 1.06 bits per heavy atom. The fourth-order valence-corrected chi connectivity index (χ4v) is 3.86. The van der Waals surface area contributed by atoms with Crippen molar-refractivity contribution < 1.29 is 9.32 Å². The van der Waals surface area contributed by atoms with Crippen molar-refractivity contribution >= 4 is 17.2 Å². The lowest BCUT2D eigenvalue weighted by Crippen LogP contribution is -2.36. The molecule has 5 aromatic rings. The van der Waals surface area contributed by atoms with Crippen molar-refractivity contribution in [2.45, 2.75) is 20.4 Å². The minimum absolute atomic E-state index is 0.194. The second-order valence-electron chi connectivity index (χ2n) is 7.82.